The summed E-state index contributed by atoms with van der Waals surface area (Å²) in [6.45, 7) is 0. The lowest BCUT2D eigenvalue weighted by Gasteiger charge is -2.15. The number of aromatic nitrogens is 2. The second-order valence-electron chi connectivity index (χ2n) is 12.2. The van der Waals surface area contributed by atoms with E-state index < -0.39 is 0 Å². The fourth-order valence-electron chi connectivity index (χ4n) is 7.69. The van der Waals surface area contributed by atoms with Crippen LogP contribution in [0.2, 0.25) is 0 Å². The summed E-state index contributed by atoms with van der Waals surface area (Å²) in [4.78, 5) is 3.73. The monoisotopic (exact) mass is 584 g/mol. The molecule has 0 saturated heterocycles. The van der Waals surface area contributed by atoms with Crippen LogP contribution in [-0.4, -0.2) is 9.55 Å². The molecule has 10 aromatic rings. The second-order valence-corrected chi connectivity index (χ2v) is 12.2. The van der Waals surface area contributed by atoms with E-state index in [1.165, 1.54) is 87.4 Å². The molecule has 10 rings (SSSR count). The number of aromatic amines is 1. The zero-order valence-corrected chi connectivity index (χ0v) is 25.0. The zero-order chi connectivity index (χ0) is 30.2. The van der Waals surface area contributed by atoms with Crippen molar-refractivity contribution in [2.75, 3.05) is 0 Å². The Bertz CT molecular complexity index is 2780. The molecular formula is C44H28N2. The van der Waals surface area contributed by atoms with Crippen LogP contribution in [0.4, 0.5) is 0 Å². The van der Waals surface area contributed by atoms with Crippen LogP contribution in [0.5, 0.6) is 0 Å². The van der Waals surface area contributed by atoms with E-state index in [9.17, 15) is 0 Å². The van der Waals surface area contributed by atoms with E-state index in [-0.39, 0.29) is 0 Å². The maximum absolute atomic E-state index is 3.73. The van der Waals surface area contributed by atoms with Gasteiger partial charge in [-0.2, -0.15) is 0 Å². The summed E-state index contributed by atoms with van der Waals surface area (Å²) in [5, 5.41) is 10.1. The van der Waals surface area contributed by atoms with Crippen LogP contribution < -0.4 is 0 Å². The molecule has 0 saturated carbocycles. The van der Waals surface area contributed by atoms with Crippen molar-refractivity contribution in [2.45, 2.75) is 0 Å². The Hall–Kier alpha value is -6.12. The van der Waals surface area contributed by atoms with Gasteiger partial charge in [0.1, 0.15) is 0 Å². The first kappa shape index (κ1) is 25.2. The van der Waals surface area contributed by atoms with Gasteiger partial charge in [0.25, 0.3) is 0 Å². The predicted octanol–water partition coefficient (Wildman–Crippen LogP) is 12.1. The molecule has 0 bridgehead atoms. The highest BCUT2D eigenvalue weighted by Crippen LogP contribution is 2.45. The molecule has 0 aliphatic rings. The van der Waals surface area contributed by atoms with Gasteiger partial charge in [0.2, 0.25) is 0 Å². The van der Waals surface area contributed by atoms with Gasteiger partial charge in [-0.15, -0.1) is 0 Å². The van der Waals surface area contributed by atoms with Gasteiger partial charge in [-0.3, -0.25) is 0 Å². The summed E-state index contributed by atoms with van der Waals surface area (Å²) in [7, 11) is 0. The number of nitrogens with one attached hydrogen (secondary N) is 1. The van der Waals surface area contributed by atoms with Crippen molar-refractivity contribution in [1.82, 2.24) is 9.55 Å². The summed E-state index contributed by atoms with van der Waals surface area (Å²) in [6.07, 6.45) is 0. The highest BCUT2D eigenvalue weighted by Gasteiger charge is 2.20. The van der Waals surface area contributed by atoms with Gasteiger partial charge in [0.15, 0.2) is 0 Å². The Balaban J connectivity index is 1.30. The van der Waals surface area contributed by atoms with E-state index >= 15 is 0 Å². The third kappa shape index (κ3) is 3.59. The SMILES string of the molecule is c1ccc(-c2ccc(-n3c4ccccc4c4cc(-c5cc6[nH]c7ccccc7c6c6ccccc56)c5ccccc5c43)cc2)cc1. The Labute approximate surface area is 265 Å². The van der Waals surface area contributed by atoms with E-state index in [0.29, 0.717) is 0 Å². The van der Waals surface area contributed by atoms with Crippen LogP contribution in [0.25, 0.3) is 93.1 Å². The number of benzene rings is 8. The summed E-state index contributed by atoms with van der Waals surface area (Å²) < 4.78 is 2.45. The van der Waals surface area contributed by atoms with Gasteiger partial charge in [-0.05, 0) is 74.8 Å². The van der Waals surface area contributed by atoms with Gasteiger partial charge < -0.3 is 9.55 Å². The number of rotatable bonds is 3. The number of nitrogens with zero attached hydrogens (tertiary/aromatic N) is 1. The van der Waals surface area contributed by atoms with Crippen molar-refractivity contribution in [2.24, 2.45) is 0 Å². The smallest absolute Gasteiger partial charge is 0.0619 e. The van der Waals surface area contributed by atoms with Crippen molar-refractivity contribution in [3.8, 4) is 27.9 Å². The molecule has 214 valence electrons. The molecule has 0 aliphatic heterocycles. The third-order valence-electron chi connectivity index (χ3n) is 9.71. The second kappa shape index (κ2) is 9.69. The Morgan fingerprint density at radius 3 is 1.72 bits per heavy atom. The average molecular weight is 585 g/mol. The molecule has 2 heteroatoms. The fraction of sp³-hybridized carbons (Fsp3) is 0. The average Bonchev–Trinajstić information content (AvgIpc) is 3.67. The molecule has 0 spiro atoms. The standard InChI is InChI=1S/C44H28N2/c1-2-12-28(13-3-1)29-22-24-30(25-23-29)46-42-21-11-9-16-33(42)39-26-37(32-15-5-7-18-35(32)44(39)46)38-27-41-43(34-17-6-4-14-31(34)38)36-19-8-10-20-40(36)45-41/h1-27,45H. The van der Waals surface area contributed by atoms with Crippen molar-refractivity contribution in [1.29, 1.82) is 0 Å². The molecule has 8 aromatic carbocycles. The quantitative estimate of drug-likeness (QED) is 0.213. The van der Waals surface area contributed by atoms with Gasteiger partial charge in [0.05, 0.1) is 11.0 Å². The van der Waals surface area contributed by atoms with Gasteiger partial charge in [-0.25, -0.2) is 0 Å². The lowest BCUT2D eigenvalue weighted by molar-refractivity contribution is 1.19. The summed E-state index contributed by atoms with van der Waals surface area (Å²) in [6, 6.07) is 59.6. The lowest BCUT2D eigenvalue weighted by Crippen LogP contribution is -1.95. The zero-order valence-electron chi connectivity index (χ0n) is 25.0. The first-order valence-corrected chi connectivity index (χ1v) is 15.9. The van der Waals surface area contributed by atoms with Crippen LogP contribution in [0.3, 0.4) is 0 Å². The Morgan fingerprint density at radius 1 is 0.370 bits per heavy atom. The van der Waals surface area contributed by atoms with Crippen molar-refractivity contribution in [3.63, 3.8) is 0 Å². The lowest BCUT2D eigenvalue weighted by atomic mass is 9.90. The fourth-order valence-corrected chi connectivity index (χ4v) is 7.69. The summed E-state index contributed by atoms with van der Waals surface area (Å²) in [5.41, 5.74) is 10.9. The molecule has 0 fully saturated rings. The molecule has 2 heterocycles. The summed E-state index contributed by atoms with van der Waals surface area (Å²) >= 11 is 0. The van der Waals surface area contributed by atoms with Crippen molar-refractivity contribution < 1.29 is 0 Å². The van der Waals surface area contributed by atoms with E-state index in [0.717, 1.165) is 5.69 Å². The Morgan fingerprint density at radius 2 is 0.935 bits per heavy atom. The molecule has 0 radical (unpaired) electrons. The first-order valence-electron chi connectivity index (χ1n) is 15.9. The minimum atomic E-state index is 1.16. The van der Waals surface area contributed by atoms with E-state index in [1.807, 2.05) is 0 Å². The number of para-hydroxylation sites is 2. The van der Waals surface area contributed by atoms with E-state index in [2.05, 4.69) is 173 Å². The highest BCUT2D eigenvalue weighted by atomic mass is 15.0. The highest BCUT2D eigenvalue weighted by molar-refractivity contribution is 6.27. The molecule has 0 atom stereocenters. The van der Waals surface area contributed by atoms with Crippen LogP contribution in [0.1, 0.15) is 0 Å². The minimum absolute atomic E-state index is 1.16. The third-order valence-corrected chi connectivity index (χ3v) is 9.71. The minimum Gasteiger partial charge on any atom is -0.354 e. The van der Waals surface area contributed by atoms with Gasteiger partial charge in [0, 0.05) is 43.7 Å². The Kier molecular flexibility index (Phi) is 5.31. The van der Waals surface area contributed by atoms with Crippen LogP contribution in [-0.2, 0) is 0 Å². The molecule has 2 aromatic heterocycles. The van der Waals surface area contributed by atoms with Crippen LogP contribution >= 0.6 is 0 Å². The molecule has 0 amide bonds. The number of H-pyrrole nitrogens is 1. The maximum Gasteiger partial charge on any atom is 0.0619 e. The largest absolute Gasteiger partial charge is 0.354 e. The topological polar surface area (TPSA) is 20.7 Å². The molecule has 0 unspecified atom stereocenters. The van der Waals surface area contributed by atoms with Gasteiger partial charge in [-0.1, -0.05) is 127 Å². The van der Waals surface area contributed by atoms with Crippen LogP contribution in [0.15, 0.2) is 164 Å². The normalized spacial score (nSPS) is 11.9. The summed E-state index contributed by atoms with van der Waals surface area (Å²) in [5.74, 6) is 0. The molecular weight excluding hydrogens is 556 g/mol. The predicted molar refractivity (Wildman–Crippen MR) is 196 cm³/mol. The molecule has 46 heavy (non-hydrogen) atoms. The number of hydrogen-bond acceptors (Lipinski definition) is 0. The number of fused-ring (bicyclic) bond motifs is 10. The van der Waals surface area contributed by atoms with E-state index in [1.54, 1.807) is 0 Å². The van der Waals surface area contributed by atoms with Crippen molar-refractivity contribution >= 4 is 65.2 Å². The van der Waals surface area contributed by atoms with E-state index in [4.69, 9.17) is 0 Å². The molecule has 2 nitrogen and oxygen atoms in total. The molecule has 0 aliphatic carbocycles. The number of hydrogen-bond donors (Lipinski definition) is 1. The maximum atomic E-state index is 3.73. The van der Waals surface area contributed by atoms with Gasteiger partial charge >= 0.3 is 0 Å². The van der Waals surface area contributed by atoms with Crippen molar-refractivity contribution in [3.05, 3.63) is 164 Å². The van der Waals surface area contributed by atoms with Crippen LogP contribution in [0, 0.1) is 0 Å². The first-order chi connectivity index (χ1) is 22.8. The molecule has 1 N–H and O–H groups in total.